The van der Waals surface area contributed by atoms with E-state index in [4.69, 9.17) is 4.74 Å². The van der Waals surface area contributed by atoms with E-state index in [0.29, 0.717) is 5.56 Å². The number of hydrogen-bond donors (Lipinski definition) is 0. The normalized spacial score (nSPS) is 11.1. The highest BCUT2D eigenvalue weighted by Crippen LogP contribution is 2.29. The molecule has 2 nitrogen and oxygen atoms in total. The molecule has 0 spiro atoms. The summed E-state index contributed by atoms with van der Waals surface area (Å²) in [5.74, 6) is 0.927. The molecular weight excluding hydrogens is 376 g/mol. The van der Waals surface area contributed by atoms with Crippen molar-refractivity contribution in [2.24, 2.45) is 0 Å². The van der Waals surface area contributed by atoms with Crippen LogP contribution in [-0.2, 0) is 0 Å². The van der Waals surface area contributed by atoms with E-state index in [2.05, 4.69) is 19.2 Å². The second-order valence-electron chi connectivity index (χ2n) is 7.30. The Kier molecular flexibility index (Phi) is 11.3. The largest absolute Gasteiger partial charge is 0.492 e. The summed E-state index contributed by atoms with van der Waals surface area (Å²) >= 11 is 1.69. The Morgan fingerprint density at radius 1 is 0.931 bits per heavy atom. The molecule has 0 saturated heterocycles. The van der Waals surface area contributed by atoms with Gasteiger partial charge in [0.05, 0.1) is 6.61 Å². The third kappa shape index (κ3) is 8.91. The maximum Gasteiger partial charge on any atom is 0.185 e. The van der Waals surface area contributed by atoms with Crippen molar-refractivity contribution < 1.29 is 9.53 Å². The van der Waals surface area contributed by atoms with Crippen molar-refractivity contribution in [3.63, 3.8) is 0 Å². The molecule has 29 heavy (non-hydrogen) atoms. The summed E-state index contributed by atoms with van der Waals surface area (Å²) in [6.45, 7) is 3.00. The molecule has 0 heterocycles. The molecule has 0 N–H and O–H groups in total. The topological polar surface area (TPSA) is 26.3 Å². The van der Waals surface area contributed by atoms with Crippen molar-refractivity contribution in [3.05, 3.63) is 65.7 Å². The summed E-state index contributed by atoms with van der Waals surface area (Å²) in [7, 11) is 0. The van der Waals surface area contributed by atoms with E-state index in [1.807, 2.05) is 48.5 Å². The molecule has 0 unspecified atom stereocenters. The van der Waals surface area contributed by atoms with Gasteiger partial charge in [-0.2, -0.15) is 0 Å². The fourth-order valence-electron chi connectivity index (χ4n) is 3.20. The molecule has 2 aromatic carbocycles. The minimum absolute atomic E-state index is 0.0148. The van der Waals surface area contributed by atoms with Crippen LogP contribution < -0.4 is 4.74 Å². The predicted molar refractivity (Wildman–Crippen MR) is 126 cm³/mol. The van der Waals surface area contributed by atoms with Gasteiger partial charge in [-0.25, -0.2) is 0 Å². The molecule has 0 radical (unpaired) electrons. The number of benzene rings is 2. The molecule has 3 heteroatoms. The predicted octanol–water partition coefficient (Wildman–Crippen LogP) is 7.82. The minimum Gasteiger partial charge on any atom is -0.492 e. The maximum atomic E-state index is 12.3. The summed E-state index contributed by atoms with van der Waals surface area (Å²) in [6, 6.07) is 15.5. The van der Waals surface area contributed by atoms with Crippen LogP contribution in [0.3, 0.4) is 0 Å². The number of thioether (sulfide) groups is 1. The number of ketones is 1. The summed E-state index contributed by atoms with van der Waals surface area (Å²) in [5, 5.41) is 0. The fraction of sp³-hybridized carbons (Fsp3) is 0.423. The number of unbranched alkanes of at least 4 members (excludes halogenated alkanes) is 7. The standard InChI is InChI=1S/C26H34O2S/c1-3-4-5-6-7-8-9-13-20-28-25-21-22(17-19-26(25)29-2)16-18-24(27)23-14-11-10-12-15-23/h10-12,14-19,21H,3-9,13,20H2,1-2H3. The first kappa shape index (κ1) is 23.3. The fourth-order valence-corrected chi connectivity index (χ4v) is 3.72. The van der Waals surface area contributed by atoms with Crippen LogP contribution in [0.1, 0.15) is 74.2 Å². The van der Waals surface area contributed by atoms with Crippen molar-refractivity contribution in [1.82, 2.24) is 0 Å². The molecule has 0 atom stereocenters. The van der Waals surface area contributed by atoms with Crippen LogP contribution in [0.5, 0.6) is 5.75 Å². The van der Waals surface area contributed by atoms with Crippen molar-refractivity contribution in [2.75, 3.05) is 12.9 Å². The number of allylic oxidation sites excluding steroid dienone is 1. The molecule has 0 bridgehead atoms. The quantitative estimate of drug-likeness (QED) is 0.137. The molecule has 0 aliphatic carbocycles. The van der Waals surface area contributed by atoms with Gasteiger partial charge >= 0.3 is 0 Å². The summed E-state index contributed by atoms with van der Waals surface area (Å²) in [4.78, 5) is 13.4. The summed E-state index contributed by atoms with van der Waals surface area (Å²) in [5.41, 5.74) is 1.69. The highest BCUT2D eigenvalue weighted by atomic mass is 32.2. The Bertz CT molecular complexity index is 753. The van der Waals surface area contributed by atoms with E-state index in [9.17, 15) is 4.79 Å². The van der Waals surface area contributed by atoms with E-state index in [-0.39, 0.29) is 5.78 Å². The molecule has 0 aromatic heterocycles. The monoisotopic (exact) mass is 410 g/mol. The zero-order valence-corrected chi connectivity index (χ0v) is 18.7. The lowest BCUT2D eigenvalue weighted by molar-refractivity contribution is 0.104. The van der Waals surface area contributed by atoms with Gasteiger partial charge in [-0.3, -0.25) is 4.79 Å². The smallest absolute Gasteiger partial charge is 0.185 e. The Hall–Kier alpha value is -2.00. The van der Waals surface area contributed by atoms with Crippen LogP contribution in [0.2, 0.25) is 0 Å². The number of carbonyl (C=O) groups is 1. The Morgan fingerprint density at radius 2 is 1.62 bits per heavy atom. The molecule has 0 aliphatic heterocycles. The molecule has 2 aromatic rings. The second-order valence-corrected chi connectivity index (χ2v) is 8.15. The van der Waals surface area contributed by atoms with Gasteiger partial charge in [0.2, 0.25) is 0 Å². The molecule has 0 saturated carbocycles. The first-order chi connectivity index (χ1) is 14.2. The van der Waals surface area contributed by atoms with Crippen LogP contribution in [0.15, 0.2) is 59.5 Å². The summed E-state index contributed by atoms with van der Waals surface area (Å²) < 4.78 is 6.07. The molecule has 0 aliphatic rings. The van der Waals surface area contributed by atoms with E-state index < -0.39 is 0 Å². The van der Waals surface area contributed by atoms with Crippen LogP contribution >= 0.6 is 11.8 Å². The van der Waals surface area contributed by atoms with Crippen LogP contribution in [-0.4, -0.2) is 18.6 Å². The minimum atomic E-state index is 0.0148. The number of ether oxygens (including phenoxy) is 1. The van der Waals surface area contributed by atoms with Gasteiger partial charge in [0, 0.05) is 10.5 Å². The highest BCUT2D eigenvalue weighted by Gasteiger charge is 2.05. The Morgan fingerprint density at radius 3 is 2.31 bits per heavy atom. The van der Waals surface area contributed by atoms with Gasteiger partial charge in [0.1, 0.15) is 5.75 Å². The van der Waals surface area contributed by atoms with E-state index in [1.165, 1.54) is 44.9 Å². The Balaban J connectivity index is 1.82. The molecule has 156 valence electrons. The average Bonchev–Trinajstić information content (AvgIpc) is 2.77. The van der Waals surface area contributed by atoms with Gasteiger partial charge in [-0.05, 0) is 36.4 Å². The van der Waals surface area contributed by atoms with E-state index >= 15 is 0 Å². The van der Waals surface area contributed by atoms with Crippen molar-refractivity contribution in [3.8, 4) is 5.75 Å². The van der Waals surface area contributed by atoms with Crippen molar-refractivity contribution in [1.29, 1.82) is 0 Å². The zero-order chi connectivity index (χ0) is 20.7. The van der Waals surface area contributed by atoms with Gasteiger partial charge in [0.15, 0.2) is 5.78 Å². The third-order valence-corrected chi connectivity index (χ3v) is 5.71. The first-order valence-electron chi connectivity index (χ1n) is 10.8. The zero-order valence-electron chi connectivity index (χ0n) is 17.9. The molecule has 0 fully saturated rings. The van der Waals surface area contributed by atoms with Crippen LogP contribution in [0.4, 0.5) is 0 Å². The van der Waals surface area contributed by atoms with Gasteiger partial charge in [-0.1, -0.05) is 94.3 Å². The van der Waals surface area contributed by atoms with Gasteiger partial charge in [-0.15, -0.1) is 11.8 Å². The van der Waals surface area contributed by atoms with E-state index in [1.54, 1.807) is 17.8 Å². The van der Waals surface area contributed by atoms with Crippen molar-refractivity contribution >= 4 is 23.6 Å². The molecule has 2 rings (SSSR count). The number of rotatable bonds is 14. The third-order valence-electron chi connectivity index (χ3n) is 4.93. The molecular formula is C26H34O2S. The highest BCUT2D eigenvalue weighted by molar-refractivity contribution is 7.98. The maximum absolute atomic E-state index is 12.3. The molecule has 0 amide bonds. The number of carbonyl (C=O) groups excluding carboxylic acids is 1. The van der Waals surface area contributed by atoms with Crippen LogP contribution in [0.25, 0.3) is 6.08 Å². The first-order valence-corrected chi connectivity index (χ1v) is 12.1. The lowest BCUT2D eigenvalue weighted by atomic mass is 10.1. The number of hydrogen-bond acceptors (Lipinski definition) is 3. The summed E-state index contributed by atoms with van der Waals surface area (Å²) in [6.07, 6.45) is 15.9. The lowest BCUT2D eigenvalue weighted by Crippen LogP contribution is -1.99. The van der Waals surface area contributed by atoms with Crippen molar-refractivity contribution in [2.45, 2.75) is 63.2 Å². The van der Waals surface area contributed by atoms with Crippen LogP contribution in [0, 0.1) is 0 Å². The SMILES string of the molecule is CCCCCCCCCCOc1cc(C=CC(=O)c2ccccc2)ccc1SC. The van der Waals surface area contributed by atoms with Gasteiger partial charge < -0.3 is 4.74 Å². The lowest BCUT2D eigenvalue weighted by Gasteiger charge is -2.11. The second kappa shape index (κ2) is 14.1. The van der Waals surface area contributed by atoms with E-state index in [0.717, 1.165) is 29.2 Å². The Labute approximate surface area is 180 Å². The average molecular weight is 411 g/mol. The van der Waals surface area contributed by atoms with Gasteiger partial charge in [0.25, 0.3) is 0 Å².